The van der Waals surface area contributed by atoms with E-state index in [1.807, 2.05) is 34.6 Å². The molecule has 1 aromatic rings. The van der Waals surface area contributed by atoms with Crippen molar-refractivity contribution in [2.75, 3.05) is 18.8 Å². The molecule has 0 unspecified atom stereocenters. The van der Waals surface area contributed by atoms with Gasteiger partial charge in [-0.05, 0) is 52.3 Å². The minimum absolute atomic E-state index is 0.0628. The zero-order chi connectivity index (χ0) is 22.0. The van der Waals surface area contributed by atoms with Crippen LogP contribution >= 0.6 is 11.8 Å². The summed E-state index contributed by atoms with van der Waals surface area (Å²) in [5.74, 6) is 0.182. The van der Waals surface area contributed by atoms with Crippen molar-refractivity contribution >= 4 is 23.7 Å². The smallest absolute Gasteiger partial charge is 0.333 e. The first-order chi connectivity index (χ1) is 13.3. The number of carbonyl (C=O) groups is 2. The molecule has 9 heteroatoms. The van der Waals surface area contributed by atoms with Crippen molar-refractivity contribution in [2.45, 2.75) is 57.7 Å². The number of halogens is 3. The Bertz CT molecular complexity index is 730. The third kappa shape index (κ3) is 6.29. The number of urea groups is 1. The second-order valence-electron chi connectivity index (χ2n) is 8.34. The van der Waals surface area contributed by atoms with Gasteiger partial charge in [-0.25, -0.2) is 4.79 Å². The van der Waals surface area contributed by atoms with Crippen LogP contribution in [0.25, 0.3) is 0 Å². The van der Waals surface area contributed by atoms with Crippen LogP contribution in [0.15, 0.2) is 24.3 Å². The van der Waals surface area contributed by atoms with E-state index in [0.717, 1.165) is 12.1 Å². The molecule has 1 aromatic carbocycles. The Kier molecular flexibility index (Phi) is 7.14. The van der Waals surface area contributed by atoms with Crippen LogP contribution in [-0.4, -0.2) is 52.2 Å². The Hall–Kier alpha value is -1.90. The molecule has 162 valence electrons. The van der Waals surface area contributed by atoms with Crippen LogP contribution in [0.4, 0.5) is 18.0 Å². The van der Waals surface area contributed by atoms with Crippen LogP contribution in [0.1, 0.15) is 51.1 Å². The topological polar surface area (TPSA) is 52.7 Å². The number of carbonyl (C=O) groups excluding carboxylic acids is 2. The molecule has 0 aliphatic carbocycles. The molecule has 1 aliphatic heterocycles. The fourth-order valence-electron chi connectivity index (χ4n) is 3.01. The molecule has 1 N–H and O–H groups in total. The molecule has 1 fully saturated rings. The van der Waals surface area contributed by atoms with E-state index in [9.17, 15) is 22.8 Å². The zero-order valence-electron chi connectivity index (χ0n) is 17.3. The average molecular weight is 432 g/mol. The molecule has 1 aliphatic rings. The van der Waals surface area contributed by atoms with E-state index in [1.165, 1.54) is 23.9 Å². The second kappa shape index (κ2) is 8.85. The van der Waals surface area contributed by atoms with Gasteiger partial charge in [0.15, 0.2) is 0 Å². The summed E-state index contributed by atoms with van der Waals surface area (Å²) in [6, 6.07) is 4.63. The minimum Gasteiger partial charge on any atom is -0.333 e. The lowest BCUT2D eigenvalue weighted by Crippen LogP contribution is -2.52. The van der Waals surface area contributed by atoms with Gasteiger partial charge in [0, 0.05) is 24.7 Å². The van der Waals surface area contributed by atoms with Gasteiger partial charge in [-0.15, -0.1) is 11.8 Å². The molecule has 0 spiro atoms. The normalized spacial score (nSPS) is 17.8. The van der Waals surface area contributed by atoms with Gasteiger partial charge in [0.1, 0.15) is 5.37 Å². The fourth-order valence-corrected chi connectivity index (χ4v) is 4.23. The molecule has 0 aromatic heterocycles. The molecular formula is C20H28F3N3O2S. The molecule has 0 bridgehead atoms. The highest BCUT2D eigenvalue weighted by molar-refractivity contribution is 8.00. The third-order valence-electron chi connectivity index (χ3n) is 4.44. The SMILES string of the molecule is CC(C)N(CCN1C(=O)CS[C@H]1c1ccc(C(F)(F)F)cc1)C(=O)NC(C)(C)C. The van der Waals surface area contributed by atoms with Gasteiger partial charge in [0.05, 0.1) is 11.3 Å². The van der Waals surface area contributed by atoms with E-state index < -0.39 is 11.7 Å². The molecule has 2 rings (SSSR count). The molecule has 0 saturated carbocycles. The zero-order valence-corrected chi connectivity index (χ0v) is 18.2. The number of hydrogen-bond acceptors (Lipinski definition) is 3. The van der Waals surface area contributed by atoms with Gasteiger partial charge in [0.2, 0.25) is 5.91 Å². The lowest BCUT2D eigenvalue weighted by atomic mass is 10.1. The molecule has 5 nitrogen and oxygen atoms in total. The molecule has 1 heterocycles. The third-order valence-corrected chi connectivity index (χ3v) is 5.70. The van der Waals surface area contributed by atoms with Crippen LogP contribution in [-0.2, 0) is 11.0 Å². The summed E-state index contributed by atoms with van der Waals surface area (Å²) >= 11 is 1.38. The molecule has 1 atom stereocenters. The summed E-state index contributed by atoms with van der Waals surface area (Å²) < 4.78 is 38.4. The van der Waals surface area contributed by atoms with Crippen molar-refractivity contribution < 1.29 is 22.8 Å². The highest BCUT2D eigenvalue weighted by Crippen LogP contribution is 2.39. The number of rotatable bonds is 5. The predicted molar refractivity (Wildman–Crippen MR) is 108 cm³/mol. The lowest BCUT2D eigenvalue weighted by Gasteiger charge is -2.33. The Labute approximate surface area is 174 Å². The number of amides is 3. The summed E-state index contributed by atoms with van der Waals surface area (Å²) in [6.07, 6.45) is -4.39. The second-order valence-corrected chi connectivity index (χ2v) is 9.41. The number of nitrogens with zero attached hydrogens (tertiary/aromatic N) is 2. The van der Waals surface area contributed by atoms with E-state index in [4.69, 9.17) is 0 Å². The minimum atomic E-state index is -4.39. The summed E-state index contributed by atoms with van der Waals surface area (Å²) in [5, 5.41) is 2.57. The Balaban J connectivity index is 2.11. The molecular weight excluding hydrogens is 403 g/mol. The van der Waals surface area contributed by atoms with Gasteiger partial charge in [-0.3, -0.25) is 4.79 Å². The largest absolute Gasteiger partial charge is 0.416 e. The van der Waals surface area contributed by atoms with Crippen molar-refractivity contribution in [2.24, 2.45) is 0 Å². The van der Waals surface area contributed by atoms with Gasteiger partial charge in [-0.1, -0.05) is 12.1 Å². The quantitative estimate of drug-likeness (QED) is 0.747. The van der Waals surface area contributed by atoms with E-state index in [1.54, 1.807) is 9.80 Å². The van der Waals surface area contributed by atoms with E-state index in [-0.39, 0.29) is 34.6 Å². The van der Waals surface area contributed by atoms with E-state index in [0.29, 0.717) is 18.7 Å². The Morgan fingerprint density at radius 3 is 2.31 bits per heavy atom. The van der Waals surface area contributed by atoms with E-state index >= 15 is 0 Å². The molecule has 3 amide bonds. The monoisotopic (exact) mass is 431 g/mol. The highest BCUT2D eigenvalue weighted by atomic mass is 32.2. The number of nitrogens with one attached hydrogen (secondary N) is 1. The van der Waals surface area contributed by atoms with Crippen molar-refractivity contribution in [3.63, 3.8) is 0 Å². The number of benzene rings is 1. The van der Waals surface area contributed by atoms with Gasteiger partial charge in [-0.2, -0.15) is 13.2 Å². The maximum absolute atomic E-state index is 12.8. The highest BCUT2D eigenvalue weighted by Gasteiger charge is 2.35. The Morgan fingerprint density at radius 1 is 1.24 bits per heavy atom. The van der Waals surface area contributed by atoms with Gasteiger partial charge >= 0.3 is 12.2 Å². The van der Waals surface area contributed by atoms with Crippen molar-refractivity contribution in [3.8, 4) is 0 Å². The van der Waals surface area contributed by atoms with Gasteiger partial charge < -0.3 is 15.1 Å². The van der Waals surface area contributed by atoms with E-state index in [2.05, 4.69) is 5.32 Å². The van der Waals surface area contributed by atoms with Crippen LogP contribution < -0.4 is 5.32 Å². The summed E-state index contributed by atoms with van der Waals surface area (Å²) in [5.41, 5.74) is -0.456. The molecule has 29 heavy (non-hydrogen) atoms. The van der Waals surface area contributed by atoms with Crippen LogP contribution in [0.2, 0.25) is 0 Å². The summed E-state index contributed by atoms with van der Waals surface area (Å²) in [6.45, 7) is 10.1. The van der Waals surface area contributed by atoms with Gasteiger partial charge in [0.25, 0.3) is 0 Å². The number of thioether (sulfide) groups is 1. The Morgan fingerprint density at radius 2 is 1.83 bits per heavy atom. The summed E-state index contributed by atoms with van der Waals surface area (Å²) in [7, 11) is 0. The number of alkyl halides is 3. The molecule has 1 saturated heterocycles. The van der Waals surface area contributed by atoms with Crippen molar-refractivity contribution in [3.05, 3.63) is 35.4 Å². The average Bonchev–Trinajstić information content (AvgIpc) is 2.93. The number of hydrogen-bond donors (Lipinski definition) is 1. The predicted octanol–water partition coefficient (Wildman–Crippen LogP) is 4.50. The fraction of sp³-hybridized carbons (Fsp3) is 0.600. The maximum Gasteiger partial charge on any atom is 0.416 e. The van der Waals surface area contributed by atoms with Crippen molar-refractivity contribution in [1.82, 2.24) is 15.1 Å². The van der Waals surface area contributed by atoms with Crippen molar-refractivity contribution in [1.29, 1.82) is 0 Å². The van der Waals surface area contributed by atoms with Crippen LogP contribution in [0, 0.1) is 0 Å². The maximum atomic E-state index is 12.8. The first-order valence-electron chi connectivity index (χ1n) is 9.46. The van der Waals surface area contributed by atoms with Crippen LogP contribution in [0.3, 0.4) is 0 Å². The van der Waals surface area contributed by atoms with Crippen LogP contribution in [0.5, 0.6) is 0 Å². The summed E-state index contributed by atoms with van der Waals surface area (Å²) in [4.78, 5) is 28.2. The first-order valence-corrected chi connectivity index (χ1v) is 10.5. The standard InChI is InChI=1S/C20H28F3N3O2S/c1-13(2)25(18(28)24-19(3,4)5)10-11-26-16(27)12-29-17(26)14-6-8-15(9-7-14)20(21,22)23/h6-9,13,17H,10-12H2,1-5H3,(H,24,28)/t17-/m0/s1. The molecule has 0 radical (unpaired) electrons. The first kappa shape index (κ1) is 23.4. The lowest BCUT2D eigenvalue weighted by molar-refractivity contribution is -0.137.